The number of esters is 1. The quantitative estimate of drug-likeness (QED) is 0.745. The molecule has 1 aliphatic heterocycles. The van der Waals surface area contributed by atoms with Gasteiger partial charge in [0, 0.05) is 26.3 Å². The molecule has 0 aromatic heterocycles. The molecule has 4 heteroatoms. The van der Waals surface area contributed by atoms with E-state index >= 15 is 0 Å². The zero-order chi connectivity index (χ0) is 14.5. The second kappa shape index (κ2) is 6.75. The van der Waals surface area contributed by atoms with Crippen molar-refractivity contribution >= 4 is 11.7 Å². The van der Waals surface area contributed by atoms with Gasteiger partial charge in [-0.3, -0.25) is 4.79 Å². The van der Waals surface area contributed by atoms with Gasteiger partial charge < -0.3 is 14.5 Å². The van der Waals surface area contributed by atoms with E-state index in [4.69, 9.17) is 4.74 Å². The van der Waals surface area contributed by atoms with Gasteiger partial charge in [0.15, 0.2) is 0 Å². The summed E-state index contributed by atoms with van der Waals surface area (Å²) in [7, 11) is 6.20. The molecule has 0 radical (unpaired) electrons. The van der Waals surface area contributed by atoms with Crippen LogP contribution < -0.4 is 4.90 Å². The van der Waals surface area contributed by atoms with E-state index in [0.29, 0.717) is 6.61 Å². The van der Waals surface area contributed by atoms with Crippen molar-refractivity contribution in [3.63, 3.8) is 0 Å². The van der Waals surface area contributed by atoms with E-state index in [2.05, 4.69) is 55.2 Å². The van der Waals surface area contributed by atoms with Crippen molar-refractivity contribution in [3.8, 4) is 0 Å². The molecule has 1 atom stereocenters. The number of anilines is 1. The van der Waals surface area contributed by atoms with E-state index in [-0.39, 0.29) is 11.9 Å². The molecule has 1 aliphatic rings. The highest BCUT2D eigenvalue weighted by atomic mass is 16.5. The Labute approximate surface area is 121 Å². The molecule has 0 spiro atoms. The van der Waals surface area contributed by atoms with Crippen LogP contribution in [0.1, 0.15) is 18.4 Å². The Balaban J connectivity index is 1.83. The van der Waals surface area contributed by atoms with E-state index in [9.17, 15) is 4.79 Å². The summed E-state index contributed by atoms with van der Waals surface area (Å²) in [6.07, 6.45) is 1.77. The molecule has 0 bridgehead atoms. The molecule has 110 valence electrons. The molecule has 1 fully saturated rings. The van der Waals surface area contributed by atoms with E-state index in [0.717, 1.165) is 25.9 Å². The molecule has 0 aliphatic carbocycles. The van der Waals surface area contributed by atoms with Crippen molar-refractivity contribution < 1.29 is 9.53 Å². The summed E-state index contributed by atoms with van der Waals surface area (Å²) in [6, 6.07) is 8.55. The third-order valence-electron chi connectivity index (χ3n) is 3.78. The lowest BCUT2D eigenvalue weighted by molar-refractivity contribution is -0.141. The van der Waals surface area contributed by atoms with Crippen LogP contribution in [0.15, 0.2) is 24.3 Å². The summed E-state index contributed by atoms with van der Waals surface area (Å²) < 4.78 is 5.00. The highest BCUT2D eigenvalue weighted by molar-refractivity contribution is 5.74. The minimum absolute atomic E-state index is 0.0204. The number of hydrogen-bond donors (Lipinski definition) is 0. The number of ether oxygens (including phenoxy) is 1. The number of benzene rings is 1. The fourth-order valence-electron chi connectivity index (χ4n) is 2.50. The molecule has 1 unspecified atom stereocenters. The molecule has 20 heavy (non-hydrogen) atoms. The SMILES string of the molecule is CN(CCC1CCOC1=O)Cc1cccc(N(C)C)c1. The molecule has 0 saturated carbocycles. The Hall–Kier alpha value is -1.55. The summed E-state index contributed by atoms with van der Waals surface area (Å²) in [5.41, 5.74) is 2.52. The first-order valence-corrected chi connectivity index (χ1v) is 7.17. The first kappa shape index (κ1) is 14.9. The molecular formula is C16H24N2O2. The first-order chi connectivity index (χ1) is 9.56. The lowest BCUT2D eigenvalue weighted by atomic mass is 10.0. The molecule has 0 N–H and O–H groups in total. The fourth-order valence-corrected chi connectivity index (χ4v) is 2.50. The van der Waals surface area contributed by atoms with E-state index < -0.39 is 0 Å². The van der Waals surface area contributed by atoms with Crippen molar-refractivity contribution in [2.24, 2.45) is 5.92 Å². The summed E-state index contributed by atoms with van der Waals surface area (Å²) in [6.45, 7) is 2.42. The van der Waals surface area contributed by atoms with Gasteiger partial charge in [0.25, 0.3) is 0 Å². The van der Waals surface area contributed by atoms with Crippen LogP contribution in [0, 0.1) is 5.92 Å². The third kappa shape index (κ3) is 3.97. The van der Waals surface area contributed by atoms with Crippen LogP contribution in [0.4, 0.5) is 5.69 Å². The van der Waals surface area contributed by atoms with Crippen LogP contribution in [-0.2, 0) is 16.1 Å². The second-order valence-corrected chi connectivity index (χ2v) is 5.74. The number of carbonyl (C=O) groups excluding carboxylic acids is 1. The Kier molecular flexibility index (Phi) is 5.01. The number of rotatable bonds is 6. The minimum Gasteiger partial charge on any atom is -0.465 e. The number of nitrogens with zero attached hydrogens (tertiary/aromatic N) is 2. The van der Waals surface area contributed by atoms with Gasteiger partial charge in [-0.2, -0.15) is 0 Å². The predicted molar refractivity (Wildman–Crippen MR) is 80.8 cm³/mol. The van der Waals surface area contributed by atoms with Gasteiger partial charge in [0.05, 0.1) is 12.5 Å². The zero-order valence-corrected chi connectivity index (χ0v) is 12.6. The average Bonchev–Trinajstić information content (AvgIpc) is 2.82. The van der Waals surface area contributed by atoms with Crippen molar-refractivity contribution in [2.75, 3.05) is 39.2 Å². The Morgan fingerprint density at radius 2 is 2.10 bits per heavy atom. The van der Waals surface area contributed by atoms with Gasteiger partial charge in [0.2, 0.25) is 0 Å². The molecule has 4 nitrogen and oxygen atoms in total. The lowest BCUT2D eigenvalue weighted by Crippen LogP contribution is -2.23. The maximum atomic E-state index is 11.4. The smallest absolute Gasteiger partial charge is 0.309 e. The number of carbonyl (C=O) groups is 1. The van der Waals surface area contributed by atoms with Crippen LogP contribution in [0.5, 0.6) is 0 Å². The van der Waals surface area contributed by atoms with Crippen LogP contribution in [0.25, 0.3) is 0 Å². The van der Waals surface area contributed by atoms with Crippen molar-refractivity contribution in [1.29, 1.82) is 0 Å². The molecule has 1 aromatic rings. The predicted octanol–water partition coefficient (Wildman–Crippen LogP) is 2.14. The summed E-state index contributed by atoms with van der Waals surface area (Å²) in [5, 5.41) is 0. The second-order valence-electron chi connectivity index (χ2n) is 5.74. The molecule has 1 saturated heterocycles. The highest BCUT2D eigenvalue weighted by Crippen LogP contribution is 2.19. The van der Waals surface area contributed by atoms with Gasteiger partial charge in [-0.1, -0.05) is 12.1 Å². The van der Waals surface area contributed by atoms with Gasteiger partial charge in [-0.05, 0) is 44.1 Å². The number of cyclic esters (lactones) is 1. The van der Waals surface area contributed by atoms with Crippen molar-refractivity contribution in [1.82, 2.24) is 4.90 Å². The van der Waals surface area contributed by atoms with Crippen LogP contribution >= 0.6 is 0 Å². The maximum Gasteiger partial charge on any atom is 0.309 e. The van der Waals surface area contributed by atoms with Gasteiger partial charge in [-0.15, -0.1) is 0 Å². The fraction of sp³-hybridized carbons (Fsp3) is 0.562. The van der Waals surface area contributed by atoms with E-state index in [1.807, 2.05) is 0 Å². The van der Waals surface area contributed by atoms with E-state index in [1.54, 1.807) is 0 Å². The van der Waals surface area contributed by atoms with Gasteiger partial charge >= 0.3 is 5.97 Å². The van der Waals surface area contributed by atoms with Gasteiger partial charge in [0.1, 0.15) is 0 Å². The molecule has 2 rings (SSSR count). The normalized spacial score (nSPS) is 18.4. The van der Waals surface area contributed by atoms with Crippen LogP contribution in [0.2, 0.25) is 0 Å². The zero-order valence-electron chi connectivity index (χ0n) is 12.6. The summed E-state index contributed by atoms with van der Waals surface area (Å²) in [5.74, 6) is 0.0820. The minimum atomic E-state index is -0.0204. The van der Waals surface area contributed by atoms with E-state index in [1.165, 1.54) is 11.3 Å². The molecule has 1 aromatic carbocycles. The van der Waals surface area contributed by atoms with Crippen LogP contribution in [-0.4, -0.2) is 45.2 Å². The molecule has 0 amide bonds. The Bertz CT molecular complexity index is 460. The topological polar surface area (TPSA) is 32.8 Å². The highest BCUT2D eigenvalue weighted by Gasteiger charge is 2.26. The molecular weight excluding hydrogens is 252 g/mol. The first-order valence-electron chi connectivity index (χ1n) is 7.17. The van der Waals surface area contributed by atoms with Gasteiger partial charge in [-0.25, -0.2) is 0 Å². The third-order valence-corrected chi connectivity index (χ3v) is 3.78. The standard InChI is InChI=1S/C16H24N2O2/c1-17(2)15-6-4-5-13(11-15)12-18(3)9-7-14-8-10-20-16(14)19/h4-6,11,14H,7-10,12H2,1-3H3. The summed E-state index contributed by atoms with van der Waals surface area (Å²) in [4.78, 5) is 15.8. The number of hydrogen-bond acceptors (Lipinski definition) is 4. The maximum absolute atomic E-state index is 11.4. The monoisotopic (exact) mass is 276 g/mol. The van der Waals surface area contributed by atoms with Crippen molar-refractivity contribution in [2.45, 2.75) is 19.4 Å². The summed E-state index contributed by atoms with van der Waals surface area (Å²) >= 11 is 0. The lowest BCUT2D eigenvalue weighted by Gasteiger charge is -2.19. The molecule has 1 heterocycles. The largest absolute Gasteiger partial charge is 0.465 e. The van der Waals surface area contributed by atoms with Crippen molar-refractivity contribution in [3.05, 3.63) is 29.8 Å². The average molecular weight is 276 g/mol. The Morgan fingerprint density at radius 3 is 2.75 bits per heavy atom. The van der Waals surface area contributed by atoms with Crippen LogP contribution in [0.3, 0.4) is 0 Å². The Morgan fingerprint density at radius 1 is 1.30 bits per heavy atom.